The Hall–Kier alpha value is -4.86. The number of rotatable bonds is 5. The summed E-state index contributed by atoms with van der Waals surface area (Å²) >= 11 is 0. The minimum atomic E-state index is -4.80. The van der Waals surface area contributed by atoms with Gasteiger partial charge in [-0.15, -0.1) is 4.99 Å². The van der Waals surface area contributed by atoms with Gasteiger partial charge in [-0.05, 0) is 42.5 Å². The van der Waals surface area contributed by atoms with E-state index in [2.05, 4.69) is 15.4 Å². The van der Waals surface area contributed by atoms with E-state index in [9.17, 15) is 22.8 Å². The van der Waals surface area contributed by atoms with Gasteiger partial charge in [0.05, 0.1) is 5.69 Å². The lowest BCUT2D eigenvalue weighted by atomic mass is 10.2. The van der Waals surface area contributed by atoms with Crippen molar-refractivity contribution in [2.45, 2.75) is 6.18 Å². The molecule has 36 heavy (non-hydrogen) atoms. The van der Waals surface area contributed by atoms with Gasteiger partial charge in [-0.3, -0.25) is 9.59 Å². The molecule has 4 rings (SSSR count). The average Bonchev–Trinajstić information content (AvgIpc) is 3.45. The second kappa shape index (κ2) is 9.41. The molecule has 0 spiro atoms. The van der Waals surface area contributed by atoms with Crippen LogP contribution in [0.5, 0.6) is 0 Å². The lowest BCUT2D eigenvalue weighted by Crippen LogP contribution is -2.31. The molecule has 1 aromatic heterocycles. The number of aliphatic imine (C=N–C) groups is 1. The smallest absolute Gasteiger partial charge is 0.366 e. The molecule has 13 heteroatoms. The quantitative estimate of drug-likeness (QED) is 0.522. The number of carbonyl (C=O) groups is 2. The topological polar surface area (TPSA) is 133 Å². The normalized spacial score (nSPS) is 14.7. The van der Waals surface area contributed by atoms with Crippen LogP contribution in [-0.4, -0.2) is 52.6 Å². The second-order valence-electron chi connectivity index (χ2n) is 7.82. The summed E-state index contributed by atoms with van der Waals surface area (Å²) < 4.78 is 41.0. The molecule has 184 valence electrons. The van der Waals surface area contributed by atoms with Crippen molar-refractivity contribution in [2.75, 3.05) is 30.4 Å². The van der Waals surface area contributed by atoms with Gasteiger partial charge in [0, 0.05) is 43.1 Å². The number of anilines is 2. The first-order valence-corrected chi connectivity index (χ1v) is 10.5. The fourth-order valence-corrected chi connectivity index (χ4v) is 3.68. The molecule has 0 bridgehead atoms. The minimum Gasteiger partial charge on any atom is -0.366 e. The van der Waals surface area contributed by atoms with Crippen LogP contribution < -0.4 is 16.0 Å². The van der Waals surface area contributed by atoms with Crippen LogP contribution in [0.1, 0.15) is 26.5 Å². The van der Waals surface area contributed by atoms with Gasteiger partial charge in [0.1, 0.15) is 5.69 Å². The predicted molar refractivity (Wildman–Crippen MR) is 125 cm³/mol. The van der Waals surface area contributed by atoms with Crippen molar-refractivity contribution in [1.29, 1.82) is 5.26 Å². The van der Waals surface area contributed by atoms with Crippen molar-refractivity contribution in [3.63, 3.8) is 0 Å². The number of nitrogens with two attached hydrogens (primary N) is 1. The predicted octanol–water partition coefficient (Wildman–Crippen LogP) is 2.83. The summed E-state index contributed by atoms with van der Waals surface area (Å²) in [5.74, 6) is -1.14. The largest absolute Gasteiger partial charge is 0.435 e. The number of benzene rings is 2. The SMILES string of the molecule is CN1CCN(c2ccc(NC(=O)c3cc(C(F)(F)F)nn3-c3cccc(C(N)=O)c3)cc2)C1=NC#N. The van der Waals surface area contributed by atoms with Crippen LogP contribution in [-0.2, 0) is 6.18 Å². The maximum absolute atomic E-state index is 13.4. The molecule has 2 amide bonds. The van der Waals surface area contributed by atoms with E-state index in [0.717, 1.165) is 10.4 Å². The van der Waals surface area contributed by atoms with Crippen LogP contribution in [0, 0.1) is 11.5 Å². The van der Waals surface area contributed by atoms with Crippen molar-refractivity contribution >= 4 is 29.1 Å². The van der Waals surface area contributed by atoms with E-state index in [0.29, 0.717) is 30.8 Å². The van der Waals surface area contributed by atoms with Crippen molar-refractivity contribution in [2.24, 2.45) is 10.7 Å². The Kier molecular flexibility index (Phi) is 6.35. The van der Waals surface area contributed by atoms with Crippen LogP contribution in [0.15, 0.2) is 59.6 Å². The van der Waals surface area contributed by atoms with E-state index < -0.39 is 29.4 Å². The minimum absolute atomic E-state index is 0.0466. The van der Waals surface area contributed by atoms with Gasteiger partial charge in [-0.2, -0.15) is 23.5 Å². The van der Waals surface area contributed by atoms with E-state index in [1.54, 1.807) is 30.5 Å². The monoisotopic (exact) mass is 496 g/mol. The zero-order chi connectivity index (χ0) is 26.0. The third-order valence-electron chi connectivity index (χ3n) is 5.44. The van der Waals surface area contributed by atoms with Gasteiger partial charge >= 0.3 is 6.18 Å². The van der Waals surface area contributed by atoms with E-state index in [-0.39, 0.29) is 11.3 Å². The molecule has 1 aliphatic rings. The highest BCUT2D eigenvalue weighted by atomic mass is 19.4. The molecule has 0 unspecified atom stereocenters. The summed E-state index contributed by atoms with van der Waals surface area (Å²) in [4.78, 5) is 32.0. The molecule has 0 radical (unpaired) electrons. The highest BCUT2D eigenvalue weighted by Crippen LogP contribution is 2.30. The van der Waals surface area contributed by atoms with E-state index in [1.165, 1.54) is 24.3 Å². The Bertz CT molecular complexity index is 1390. The fraction of sp³-hybridized carbons (Fsp3) is 0.174. The molecular formula is C23H19F3N8O2. The number of amides is 2. The number of guanidine groups is 1. The molecule has 0 atom stereocenters. The Balaban J connectivity index is 1.62. The molecule has 3 aromatic rings. The third-order valence-corrected chi connectivity index (χ3v) is 5.44. The number of nitrogens with zero attached hydrogens (tertiary/aromatic N) is 6. The number of carbonyl (C=O) groups excluding carboxylic acids is 2. The molecule has 0 aliphatic carbocycles. The number of alkyl halides is 3. The van der Waals surface area contributed by atoms with Gasteiger partial charge in [0.15, 0.2) is 5.69 Å². The zero-order valence-corrected chi connectivity index (χ0v) is 18.8. The van der Waals surface area contributed by atoms with Crippen molar-refractivity contribution in [3.05, 3.63) is 71.5 Å². The molecule has 3 N–H and O–H groups in total. The maximum Gasteiger partial charge on any atom is 0.435 e. The zero-order valence-electron chi connectivity index (χ0n) is 18.8. The number of hydrogen-bond donors (Lipinski definition) is 2. The molecule has 2 heterocycles. The fourth-order valence-electron chi connectivity index (χ4n) is 3.68. The molecule has 1 fully saturated rings. The number of likely N-dealkylation sites (N-methyl/N-ethyl adjacent to an activating group) is 1. The Morgan fingerprint density at radius 1 is 1.11 bits per heavy atom. The summed E-state index contributed by atoms with van der Waals surface area (Å²) in [5.41, 5.74) is 4.76. The highest BCUT2D eigenvalue weighted by molar-refractivity contribution is 6.04. The van der Waals surface area contributed by atoms with Crippen LogP contribution in [0.4, 0.5) is 24.5 Å². The molecule has 10 nitrogen and oxygen atoms in total. The summed E-state index contributed by atoms with van der Waals surface area (Å²) in [6, 6.07) is 12.6. The Labute approximate surface area is 203 Å². The van der Waals surface area contributed by atoms with Gasteiger partial charge in [-0.1, -0.05) is 6.07 Å². The first-order chi connectivity index (χ1) is 17.1. The van der Waals surface area contributed by atoms with E-state index in [1.807, 2.05) is 16.8 Å². The number of halogens is 3. The van der Waals surface area contributed by atoms with E-state index >= 15 is 0 Å². The molecular weight excluding hydrogens is 477 g/mol. The van der Waals surface area contributed by atoms with Gasteiger partial charge < -0.3 is 20.9 Å². The molecule has 0 saturated carbocycles. The van der Waals surface area contributed by atoms with Crippen LogP contribution in [0.2, 0.25) is 0 Å². The number of aromatic nitrogens is 2. The summed E-state index contributed by atoms with van der Waals surface area (Å²) in [5, 5.41) is 15.0. The van der Waals surface area contributed by atoms with Crippen molar-refractivity contribution in [3.8, 4) is 11.9 Å². The van der Waals surface area contributed by atoms with Gasteiger partial charge in [0.25, 0.3) is 5.91 Å². The Morgan fingerprint density at radius 3 is 2.47 bits per heavy atom. The third kappa shape index (κ3) is 4.83. The van der Waals surface area contributed by atoms with Gasteiger partial charge in [0.2, 0.25) is 18.1 Å². The first kappa shape index (κ1) is 24.3. The number of primary amides is 1. The number of hydrogen-bond acceptors (Lipinski definition) is 5. The first-order valence-electron chi connectivity index (χ1n) is 10.5. The second-order valence-corrected chi connectivity index (χ2v) is 7.82. The van der Waals surface area contributed by atoms with Crippen LogP contribution in [0.25, 0.3) is 5.69 Å². The lowest BCUT2D eigenvalue weighted by molar-refractivity contribution is -0.141. The summed E-state index contributed by atoms with van der Waals surface area (Å²) in [6.07, 6.45) is -3.03. The Morgan fingerprint density at radius 2 is 1.83 bits per heavy atom. The summed E-state index contributed by atoms with van der Waals surface area (Å²) in [7, 11) is 1.81. The van der Waals surface area contributed by atoms with Crippen LogP contribution >= 0.6 is 0 Å². The maximum atomic E-state index is 13.4. The van der Waals surface area contributed by atoms with E-state index in [4.69, 9.17) is 11.0 Å². The lowest BCUT2D eigenvalue weighted by Gasteiger charge is -2.19. The van der Waals surface area contributed by atoms with Crippen molar-refractivity contribution < 1.29 is 22.8 Å². The molecule has 1 aliphatic heterocycles. The average molecular weight is 496 g/mol. The standard InChI is InChI=1S/C23H19F3N8O2/c1-32-9-10-33(22(32)29-13-27)16-7-5-15(6-8-16)30-21(36)18-12-19(23(24,25)26)31-34(18)17-4-2-3-14(11-17)20(28)35/h2-8,11-12H,9-10H2,1H3,(H2,28,35)(H,30,36). The number of nitrogens with one attached hydrogen (secondary N) is 1. The van der Waals surface area contributed by atoms with Gasteiger partial charge in [-0.25, -0.2) is 4.68 Å². The van der Waals surface area contributed by atoms with Crippen LogP contribution in [0.3, 0.4) is 0 Å². The molecule has 2 aromatic carbocycles. The van der Waals surface area contributed by atoms with Crippen molar-refractivity contribution in [1.82, 2.24) is 14.7 Å². The summed E-state index contributed by atoms with van der Waals surface area (Å²) in [6.45, 7) is 1.27. The number of nitriles is 1. The highest BCUT2D eigenvalue weighted by Gasteiger charge is 2.36. The molecule has 1 saturated heterocycles.